The van der Waals surface area contributed by atoms with Crippen LogP contribution in [0.25, 0.3) is 0 Å². The highest BCUT2D eigenvalue weighted by Gasteiger charge is 2.22. The van der Waals surface area contributed by atoms with Gasteiger partial charge in [-0.15, -0.1) is 22.7 Å². The van der Waals surface area contributed by atoms with Gasteiger partial charge in [0, 0.05) is 10.3 Å². The maximum atomic E-state index is 12.1. The van der Waals surface area contributed by atoms with Gasteiger partial charge in [-0.25, -0.2) is 17.9 Å². The van der Waals surface area contributed by atoms with Crippen molar-refractivity contribution in [1.82, 2.24) is 4.72 Å². The molecule has 0 bridgehead atoms. The fourth-order valence-corrected chi connectivity index (χ4v) is 4.96. The lowest BCUT2D eigenvalue weighted by Gasteiger charge is -2.11. The minimum absolute atomic E-state index is 0.0165. The van der Waals surface area contributed by atoms with Crippen LogP contribution in [0.3, 0.4) is 0 Å². The topological polar surface area (TPSA) is 83.5 Å². The Kier molecular flexibility index (Phi) is 4.50. The molecule has 2 aromatic heterocycles. The fourth-order valence-electron chi connectivity index (χ4n) is 1.49. The molecule has 0 amide bonds. The van der Waals surface area contributed by atoms with Gasteiger partial charge in [-0.05, 0) is 25.1 Å². The van der Waals surface area contributed by atoms with Crippen molar-refractivity contribution in [3.63, 3.8) is 0 Å². The summed E-state index contributed by atoms with van der Waals surface area (Å²) in [5.41, 5.74) is 0. The Labute approximate surface area is 128 Å². The number of carboxylic acids is 1. The van der Waals surface area contributed by atoms with Crippen molar-refractivity contribution in [3.8, 4) is 0 Å². The largest absolute Gasteiger partial charge is 0.477 e. The SMILES string of the molecule is CC(NS(=O)(=O)c1csc(C(=O)O)c1)c1ccc(Cl)s1. The van der Waals surface area contributed by atoms with E-state index in [0.717, 1.165) is 22.3 Å². The molecule has 0 aromatic carbocycles. The van der Waals surface area contributed by atoms with Crippen LogP contribution in [0.5, 0.6) is 0 Å². The number of nitrogens with one attached hydrogen (secondary N) is 1. The molecule has 0 radical (unpaired) electrons. The molecule has 0 aliphatic heterocycles. The van der Waals surface area contributed by atoms with Crippen molar-refractivity contribution in [2.24, 2.45) is 0 Å². The predicted octanol–water partition coefficient (Wildman–Crippen LogP) is 3.20. The fraction of sp³-hybridized carbons (Fsp3) is 0.182. The van der Waals surface area contributed by atoms with Gasteiger partial charge < -0.3 is 5.11 Å². The van der Waals surface area contributed by atoms with Crippen molar-refractivity contribution in [1.29, 1.82) is 0 Å². The Morgan fingerprint density at radius 2 is 2.15 bits per heavy atom. The highest BCUT2D eigenvalue weighted by Crippen LogP contribution is 2.28. The molecule has 9 heteroatoms. The molecule has 1 unspecified atom stereocenters. The number of hydrogen-bond acceptors (Lipinski definition) is 5. The Hall–Kier alpha value is -0.930. The van der Waals surface area contributed by atoms with Crippen molar-refractivity contribution in [2.75, 3.05) is 0 Å². The average Bonchev–Trinajstić information content (AvgIpc) is 2.96. The number of carbonyl (C=O) groups is 1. The molecule has 2 N–H and O–H groups in total. The standard InChI is InChI=1S/C11H10ClNO4S3/c1-6(8-2-3-10(12)19-8)13-20(16,17)7-4-9(11(14)15)18-5-7/h2-6,13H,1H3,(H,14,15). The molecule has 1 atom stereocenters. The van der Waals surface area contributed by atoms with Crippen LogP contribution in [0, 0.1) is 0 Å². The first kappa shape index (κ1) is 15.5. The lowest BCUT2D eigenvalue weighted by Crippen LogP contribution is -2.26. The minimum atomic E-state index is -3.75. The van der Waals surface area contributed by atoms with E-state index in [1.807, 2.05) is 0 Å². The lowest BCUT2D eigenvalue weighted by molar-refractivity contribution is 0.0702. The third-order valence-electron chi connectivity index (χ3n) is 2.45. The first-order valence-electron chi connectivity index (χ1n) is 5.39. The monoisotopic (exact) mass is 351 g/mol. The quantitative estimate of drug-likeness (QED) is 0.866. The van der Waals surface area contributed by atoms with Crippen LogP contribution < -0.4 is 4.72 Å². The summed E-state index contributed by atoms with van der Waals surface area (Å²) in [5, 5.41) is 10.1. The predicted molar refractivity (Wildman–Crippen MR) is 79.3 cm³/mol. The van der Waals surface area contributed by atoms with Gasteiger partial charge in [0.15, 0.2) is 0 Å². The maximum Gasteiger partial charge on any atom is 0.345 e. The summed E-state index contributed by atoms with van der Waals surface area (Å²) in [7, 11) is -3.75. The third kappa shape index (κ3) is 3.39. The van der Waals surface area contributed by atoms with Crippen molar-refractivity contribution >= 4 is 50.3 Å². The number of rotatable bonds is 5. The van der Waals surface area contributed by atoms with Gasteiger partial charge in [-0.3, -0.25) is 0 Å². The second kappa shape index (κ2) is 5.82. The Bertz CT molecular complexity index is 734. The van der Waals surface area contributed by atoms with Crippen LogP contribution in [0.1, 0.15) is 27.5 Å². The van der Waals surface area contributed by atoms with Gasteiger partial charge in [-0.1, -0.05) is 11.6 Å². The summed E-state index contributed by atoms with van der Waals surface area (Å²) < 4.78 is 27.3. The molecule has 0 saturated heterocycles. The molecule has 0 saturated carbocycles. The van der Waals surface area contributed by atoms with E-state index in [1.165, 1.54) is 16.7 Å². The molecule has 108 valence electrons. The van der Waals surface area contributed by atoms with Crippen LogP contribution in [-0.4, -0.2) is 19.5 Å². The van der Waals surface area contributed by atoms with E-state index in [2.05, 4.69) is 4.72 Å². The van der Waals surface area contributed by atoms with E-state index in [1.54, 1.807) is 19.1 Å². The average molecular weight is 352 g/mol. The van der Waals surface area contributed by atoms with Crippen LogP contribution in [-0.2, 0) is 10.0 Å². The smallest absolute Gasteiger partial charge is 0.345 e. The van der Waals surface area contributed by atoms with Crippen molar-refractivity contribution in [2.45, 2.75) is 17.9 Å². The van der Waals surface area contributed by atoms with Crippen molar-refractivity contribution < 1.29 is 18.3 Å². The lowest BCUT2D eigenvalue weighted by atomic mass is 10.3. The van der Waals surface area contributed by atoms with Gasteiger partial charge in [0.05, 0.1) is 15.3 Å². The van der Waals surface area contributed by atoms with Crippen LogP contribution in [0.4, 0.5) is 0 Å². The number of thiophene rings is 2. The maximum absolute atomic E-state index is 12.1. The number of hydrogen-bond donors (Lipinski definition) is 2. The molecule has 0 aliphatic carbocycles. The highest BCUT2D eigenvalue weighted by molar-refractivity contribution is 7.89. The van der Waals surface area contributed by atoms with E-state index in [4.69, 9.17) is 16.7 Å². The van der Waals surface area contributed by atoms with Gasteiger partial charge in [0.1, 0.15) is 4.88 Å². The first-order valence-corrected chi connectivity index (χ1v) is 8.95. The van der Waals surface area contributed by atoms with Gasteiger partial charge in [-0.2, -0.15) is 0 Å². The van der Waals surface area contributed by atoms with Crippen LogP contribution in [0.2, 0.25) is 4.34 Å². The molecule has 2 heterocycles. The minimum Gasteiger partial charge on any atom is -0.477 e. The highest BCUT2D eigenvalue weighted by atomic mass is 35.5. The summed E-state index contributed by atoms with van der Waals surface area (Å²) in [6, 6.07) is 4.14. The molecule has 2 aromatic rings. The second-order valence-electron chi connectivity index (χ2n) is 3.94. The zero-order valence-electron chi connectivity index (χ0n) is 10.2. The molecule has 2 rings (SSSR count). The third-order valence-corrected chi connectivity index (χ3v) is 6.45. The number of sulfonamides is 1. The molecule has 0 fully saturated rings. The van der Waals surface area contributed by atoms with Gasteiger partial charge >= 0.3 is 5.97 Å². The van der Waals surface area contributed by atoms with E-state index in [-0.39, 0.29) is 9.77 Å². The Morgan fingerprint density at radius 1 is 1.45 bits per heavy atom. The summed E-state index contributed by atoms with van der Waals surface area (Å²) in [4.78, 5) is 11.5. The number of carboxylic acid groups (broad SMARTS) is 1. The molecular formula is C11H10ClNO4S3. The molecular weight excluding hydrogens is 342 g/mol. The normalized spacial score (nSPS) is 13.3. The second-order valence-corrected chi connectivity index (χ2v) is 8.31. The summed E-state index contributed by atoms with van der Waals surface area (Å²) in [5.74, 6) is -1.14. The summed E-state index contributed by atoms with van der Waals surface area (Å²) in [6.45, 7) is 1.70. The summed E-state index contributed by atoms with van der Waals surface area (Å²) in [6.07, 6.45) is 0. The molecule has 0 spiro atoms. The van der Waals surface area contributed by atoms with E-state index in [9.17, 15) is 13.2 Å². The van der Waals surface area contributed by atoms with E-state index >= 15 is 0 Å². The van der Waals surface area contributed by atoms with Crippen molar-refractivity contribution in [3.05, 3.63) is 37.7 Å². The zero-order valence-corrected chi connectivity index (χ0v) is 13.4. The Morgan fingerprint density at radius 3 is 2.65 bits per heavy atom. The van der Waals surface area contributed by atoms with Gasteiger partial charge in [0.25, 0.3) is 0 Å². The summed E-state index contributed by atoms with van der Waals surface area (Å²) >= 11 is 7.97. The molecule has 0 aliphatic rings. The Balaban J connectivity index is 2.20. The van der Waals surface area contributed by atoms with E-state index in [0.29, 0.717) is 4.34 Å². The van der Waals surface area contributed by atoms with Crippen LogP contribution >= 0.6 is 34.3 Å². The number of halogens is 1. The zero-order chi connectivity index (χ0) is 14.9. The molecule has 20 heavy (non-hydrogen) atoms. The first-order chi connectivity index (χ1) is 9.29. The molecule has 5 nitrogen and oxygen atoms in total. The number of aromatic carboxylic acids is 1. The van der Waals surface area contributed by atoms with Crippen LogP contribution in [0.15, 0.2) is 28.5 Å². The van der Waals surface area contributed by atoms with E-state index < -0.39 is 22.0 Å². The van der Waals surface area contributed by atoms with Gasteiger partial charge in [0.2, 0.25) is 10.0 Å².